The molecular formula is C8H7FN2O4. The topological polar surface area (TPSA) is 82.3 Å². The molecule has 0 N–H and O–H groups in total. The molecule has 0 fully saturated rings. The number of carbonyl (C=O) groups is 1. The number of ether oxygens (including phenoxy) is 1. The minimum absolute atomic E-state index is 0.0555. The van der Waals surface area contributed by atoms with Crippen molar-refractivity contribution in [2.75, 3.05) is 6.61 Å². The van der Waals surface area contributed by atoms with E-state index in [0.717, 1.165) is 12.3 Å². The van der Waals surface area contributed by atoms with Gasteiger partial charge in [-0.05, 0) is 13.0 Å². The van der Waals surface area contributed by atoms with E-state index in [1.165, 1.54) is 0 Å². The third-order valence-corrected chi connectivity index (χ3v) is 1.56. The number of halogens is 1. The Hall–Kier alpha value is -2.05. The smallest absolute Gasteiger partial charge is 0.345 e. The lowest BCUT2D eigenvalue weighted by molar-refractivity contribution is -0.388. The van der Waals surface area contributed by atoms with Crippen molar-refractivity contribution in [1.29, 1.82) is 0 Å². The number of hydrogen-bond donors (Lipinski definition) is 0. The second kappa shape index (κ2) is 4.45. The molecule has 1 heterocycles. The van der Waals surface area contributed by atoms with Gasteiger partial charge in [0.2, 0.25) is 0 Å². The Labute approximate surface area is 83.8 Å². The largest absolute Gasteiger partial charge is 0.462 e. The summed E-state index contributed by atoms with van der Waals surface area (Å²) in [6, 6.07) is 1.04. The molecule has 0 aliphatic carbocycles. The number of pyridine rings is 1. The van der Waals surface area contributed by atoms with E-state index in [9.17, 15) is 19.3 Å². The van der Waals surface area contributed by atoms with Crippen LogP contribution in [0.25, 0.3) is 0 Å². The molecule has 80 valence electrons. The van der Waals surface area contributed by atoms with Crippen LogP contribution in [-0.4, -0.2) is 22.5 Å². The normalized spacial score (nSPS) is 9.73. The maximum absolute atomic E-state index is 12.9. The van der Waals surface area contributed by atoms with Crippen molar-refractivity contribution in [3.05, 3.63) is 33.9 Å². The minimum atomic E-state index is -1.30. The van der Waals surface area contributed by atoms with Gasteiger partial charge in [0.05, 0.1) is 11.5 Å². The van der Waals surface area contributed by atoms with Gasteiger partial charge in [-0.25, -0.2) is 9.78 Å². The molecule has 1 rings (SSSR count). The zero-order valence-electron chi connectivity index (χ0n) is 7.77. The molecule has 1 aromatic heterocycles. The quantitative estimate of drug-likeness (QED) is 0.328. The molecule has 0 bridgehead atoms. The maximum Gasteiger partial charge on any atom is 0.345 e. The van der Waals surface area contributed by atoms with E-state index in [1.807, 2.05) is 0 Å². The van der Waals surface area contributed by atoms with Gasteiger partial charge in [-0.3, -0.25) is 10.1 Å². The van der Waals surface area contributed by atoms with Gasteiger partial charge in [0.1, 0.15) is 5.56 Å². The van der Waals surface area contributed by atoms with Crippen LogP contribution in [0.4, 0.5) is 10.1 Å². The first kappa shape index (κ1) is 11.0. The Balaban J connectivity index is 3.23. The first-order valence-corrected chi connectivity index (χ1v) is 4.04. The van der Waals surface area contributed by atoms with Crippen LogP contribution < -0.4 is 0 Å². The van der Waals surface area contributed by atoms with Gasteiger partial charge in [0.15, 0.2) is 0 Å². The van der Waals surface area contributed by atoms with E-state index in [-0.39, 0.29) is 6.61 Å². The van der Waals surface area contributed by atoms with E-state index in [0.29, 0.717) is 0 Å². The first-order valence-electron chi connectivity index (χ1n) is 4.04. The predicted molar refractivity (Wildman–Crippen MR) is 46.8 cm³/mol. The summed E-state index contributed by atoms with van der Waals surface area (Å²) in [4.78, 5) is 23.8. The van der Waals surface area contributed by atoms with Crippen LogP contribution in [0.1, 0.15) is 17.3 Å². The van der Waals surface area contributed by atoms with Gasteiger partial charge in [-0.1, -0.05) is 0 Å². The lowest BCUT2D eigenvalue weighted by Crippen LogP contribution is -2.10. The molecule has 0 amide bonds. The predicted octanol–water partition coefficient (Wildman–Crippen LogP) is 1.31. The van der Waals surface area contributed by atoms with Crippen molar-refractivity contribution >= 4 is 11.7 Å². The number of nitro groups is 1. The molecule has 0 atom stereocenters. The van der Waals surface area contributed by atoms with Gasteiger partial charge < -0.3 is 4.74 Å². The second-order valence-electron chi connectivity index (χ2n) is 2.48. The SMILES string of the molecule is CCOC(=O)c1ccnc(F)c1[N+](=O)[O-]. The summed E-state index contributed by atoms with van der Waals surface area (Å²) < 4.78 is 17.5. The number of nitrogens with zero attached hydrogens (tertiary/aromatic N) is 2. The summed E-state index contributed by atoms with van der Waals surface area (Å²) in [6.45, 7) is 1.60. The first-order chi connectivity index (χ1) is 7.07. The molecule has 0 saturated carbocycles. The Morgan fingerprint density at radius 1 is 1.73 bits per heavy atom. The second-order valence-corrected chi connectivity index (χ2v) is 2.48. The van der Waals surface area contributed by atoms with Crippen molar-refractivity contribution < 1.29 is 18.8 Å². The van der Waals surface area contributed by atoms with Crippen LogP contribution in [0.3, 0.4) is 0 Å². The monoisotopic (exact) mass is 214 g/mol. The van der Waals surface area contributed by atoms with E-state index in [4.69, 9.17) is 0 Å². The minimum Gasteiger partial charge on any atom is -0.462 e. The molecule has 0 aromatic carbocycles. The summed E-state index contributed by atoms with van der Waals surface area (Å²) in [5.74, 6) is -2.24. The van der Waals surface area contributed by atoms with Crippen LogP contribution in [0, 0.1) is 16.1 Å². The van der Waals surface area contributed by atoms with Crippen LogP contribution >= 0.6 is 0 Å². The molecule has 0 saturated heterocycles. The summed E-state index contributed by atoms with van der Waals surface area (Å²) in [7, 11) is 0. The molecule has 15 heavy (non-hydrogen) atoms. The van der Waals surface area contributed by atoms with Crippen LogP contribution in [0.15, 0.2) is 12.3 Å². The van der Waals surface area contributed by atoms with Crippen molar-refractivity contribution in [2.45, 2.75) is 6.92 Å². The van der Waals surface area contributed by atoms with Crippen molar-refractivity contribution in [1.82, 2.24) is 4.98 Å². The average molecular weight is 214 g/mol. The molecule has 0 aliphatic heterocycles. The lowest BCUT2D eigenvalue weighted by atomic mass is 10.2. The number of esters is 1. The fourth-order valence-corrected chi connectivity index (χ4v) is 0.976. The highest BCUT2D eigenvalue weighted by Crippen LogP contribution is 2.20. The summed E-state index contributed by atoms with van der Waals surface area (Å²) in [5.41, 5.74) is -1.40. The molecule has 0 radical (unpaired) electrons. The molecular weight excluding hydrogens is 207 g/mol. The molecule has 0 unspecified atom stereocenters. The molecule has 7 heteroatoms. The van der Waals surface area contributed by atoms with Crippen molar-refractivity contribution in [2.24, 2.45) is 0 Å². The zero-order valence-corrected chi connectivity index (χ0v) is 7.77. The lowest BCUT2D eigenvalue weighted by Gasteiger charge is -2.02. The van der Waals surface area contributed by atoms with Gasteiger partial charge in [-0.15, -0.1) is 0 Å². The van der Waals surface area contributed by atoms with Gasteiger partial charge in [0.25, 0.3) is 5.95 Å². The van der Waals surface area contributed by atoms with E-state index < -0.39 is 28.1 Å². The van der Waals surface area contributed by atoms with Crippen molar-refractivity contribution in [3.63, 3.8) is 0 Å². The van der Waals surface area contributed by atoms with Crippen molar-refractivity contribution in [3.8, 4) is 0 Å². The third kappa shape index (κ3) is 2.25. The van der Waals surface area contributed by atoms with Crippen LogP contribution in [0.5, 0.6) is 0 Å². The van der Waals surface area contributed by atoms with E-state index in [1.54, 1.807) is 6.92 Å². The van der Waals surface area contributed by atoms with Gasteiger partial charge >= 0.3 is 11.7 Å². The highest BCUT2D eigenvalue weighted by atomic mass is 19.1. The number of hydrogen-bond acceptors (Lipinski definition) is 5. The number of carbonyl (C=O) groups excluding carboxylic acids is 1. The molecule has 0 aliphatic rings. The number of aromatic nitrogens is 1. The standard InChI is InChI=1S/C8H7FN2O4/c1-2-15-8(12)5-3-4-10-7(9)6(5)11(13)14/h3-4H,2H2,1H3. The fourth-order valence-electron chi connectivity index (χ4n) is 0.976. The maximum atomic E-state index is 12.9. The fraction of sp³-hybridized carbons (Fsp3) is 0.250. The molecule has 6 nitrogen and oxygen atoms in total. The molecule has 1 aromatic rings. The van der Waals surface area contributed by atoms with E-state index in [2.05, 4.69) is 9.72 Å². The zero-order chi connectivity index (χ0) is 11.4. The summed E-state index contributed by atoms with van der Waals surface area (Å²) in [6.07, 6.45) is 0.967. The third-order valence-electron chi connectivity index (χ3n) is 1.56. The average Bonchev–Trinajstić information content (AvgIpc) is 2.17. The van der Waals surface area contributed by atoms with Gasteiger partial charge in [-0.2, -0.15) is 4.39 Å². The van der Waals surface area contributed by atoms with Crippen LogP contribution in [0.2, 0.25) is 0 Å². The highest BCUT2D eigenvalue weighted by Gasteiger charge is 2.26. The Morgan fingerprint density at radius 2 is 2.40 bits per heavy atom. The summed E-state index contributed by atoms with van der Waals surface area (Å²) >= 11 is 0. The Bertz CT molecular complexity index is 408. The molecule has 0 spiro atoms. The van der Waals surface area contributed by atoms with Gasteiger partial charge in [0, 0.05) is 6.20 Å². The van der Waals surface area contributed by atoms with Crippen LogP contribution in [-0.2, 0) is 4.74 Å². The Morgan fingerprint density at radius 3 is 2.93 bits per heavy atom. The number of rotatable bonds is 3. The highest BCUT2D eigenvalue weighted by molar-refractivity contribution is 5.93. The Kier molecular flexibility index (Phi) is 3.27. The summed E-state index contributed by atoms with van der Waals surface area (Å²) in [5, 5.41) is 10.5. The van der Waals surface area contributed by atoms with E-state index >= 15 is 0 Å².